The van der Waals surface area contributed by atoms with Gasteiger partial charge in [-0.05, 0) is 31.4 Å². The zero-order valence-corrected chi connectivity index (χ0v) is 11.8. The molecule has 2 nitrogen and oxygen atoms in total. The lowest BCUT2D eigenvalue weighted by Gasteiger charge is -2.41. The van der Waals surface area contributed by atoms with Gasteiger partial charge in [-0.15, -0.1) is 0 Å². The second kappa shape index (κ2) is 5.87. The summed E-state index contributed by atoms with van der Waals surface area (Å²) in [6.45, 7) is 7.90. The van der Waals surface area contributed by atoms with Crippen molar-refractivity contribution < 1.29 is 8.78 Å². The van der Waals surface area contributed by atoms with Crippen molar-refractivity contribution in [3.8, 4) is 0 Å². The maximum atomic E-state index is 13.9. The van der Waals surface area contributed by atoms with E-state index in [1.165, 1.54) is 12.1 Å². The Balaban J connectivity index is 2.18. The van der Waals surface area contributed by atoms with E-state index in [0.29, 0.717) is 17.6 Å². The maximum absolute atomic E-state index is 13.9. The summed E-state index contributed by atoms with van der Waals surface area (Å²) in [6.07, 6.45) is 1.04. The minimum absolute atomic E-state index is 0.166. The van der Waals surface area contributed by atoms with E-state index in [4.69, 9.17) is 0 Å². The topological polar surface area (TPSA) is 15.3 Å². The van der Waals surface area contributed by atoms with Crippen LogP contribution in [0.15, 0.2) is 18.2 Å². The van der Waals surface area contributed by atoms with E-state index in [9.17, 15) is 8.78 Å². The lowest BCUT2D eigenvalue weighted by molar-refractivity contribution is 0.353. The second-order valence-corrected chi connectivity index (χ2v) is 5.83. The molecule has 2 atom stereocenters. The SMILES string of the molecule is CC(C)CC1CN(c2cc(F)ccc2F)C(C)CN1. The van der Waals surface area contributed by atoms with E-state index < -0.39 is 0 Å². The van der Waals surface area contributed by atoms with E-state index in [2.05, 4.69) is 19.2 Å². The highest BCUT2D eigenvalue weighted by molar-refractivity contribution is 5.49. The number of benzene rings is 1. The molecule has 2 rings (SSSR count). The molecular weight excluding hydrogens is 246 g/mol. The molecule has 2 unspecified atom stereocenters. The molecule has 0 amide bonds. The Morgan fingerprint density at radius 2 is 2.11 bits per heavy atom. The van der Waals surface area contributed by atoms with Gasteiger partial charge in [0.05, 0.1) is 5.69 Å². The van der Waals surface area contributed by atoms with Crippen molar-refractivity contribution in [2.45, 2.75) is 39.3 Å². The summed E-state index contributed by atoms with van der Waals surface area (Å²) >= 11 is 0. The van der Waals surface area contributed by atoms with Crippen LogP contribution in [-0.4, -0.2) is 25.2 Å². The van der Waals surface area contributed by atoms with Gasteiger partial charge in [0, 0.05) is 31.2 Å². The Morgan fingerprint density at radius 1 is 1.37 bits per heavy atom. The van der Waals surface area contributed by atoms with E-state index in [1.54, 1.807) is 0 Å². The van der Waals surface area contributed by atoms with Gasteiger partial charge in [0.1, 0.15) is 11.6 Å². The van der Waals surface area contributed by atoms with Gasteiger partial charge in [0.25, 0.3) is 0 Å². The predicted molar refractivity (Wildman–Crippen MR) is 74.4 cm³/mol. The third-order valence-corrected chi connectivity index (χ3v) is 3.62. The summed E-state index contributed by atoms with van der Waals surface area (Å²) in [4.78, 5) is 1.97. The summed E-state index contributed by atoms with van der Waals surface area (Å²) in [5.74, 6) is -0.147. The molecule has 0 aromatic heterocycles. The summed E-state index contributed by atoms with van der Waals surface area (Å²) in [6, 6.07) is 4.16. The number of hydrogen-bond donors (Lipinski definition) is 1. The van der Waals surface area contributed by atoms with Crippen LogP contribution >= 0.6 is 0 Å². The molecule has 0 radical (unpaired) electrons. The van der Waals surface area contributed by atoms with E-state index >= 15 is 0 Å². The van der Waals surface area contributed by atoms with Crippen LogP contribution in [0.25, 0.3) is 0 Å². The van der Waals surface area contributed by atoms with E-state index in [1.807, 2.05) is 11.8 Å². The molecule has 0 saturated carbocycles. The zero-order chi connectivity index (χ0) is 14.0. The van der Waals surface area contributed by atoms with Gasteiger partial charge < -0.3 is 10.2 Å². The Bertz CT molecular complexity index is 434. The Morgan fingerprint density at radius 3 is 2.79 bits per heavy atom. The molecule has 1 aliphatic rings. The molecule has 1 saturated heterocycles. The lowest BCUT2D eigenvalue weighted by Crippen LogP contribution is -2.56. The molecule has 106 valence electrons. The molecule has 1 aliphatic heterocycles. The normalized spacial score (nSPS) is 24.0. The van der Waals surface area contributed by atoms with E-state index in [0.717, 1.165) is 25.6 Å². The van der Waals surface area contributed by atoms with Gasteiger partial charge in [0.2, 0.25) is 0 Å². The highest BCUT2D eigenvalue weighted by Gasteiger charge is 2.27. The quantitative estimate of drug-likeness (QED) is 0.905. The zero-order valence-electron chi connectivity index (χ0n) is 11.8. The van der Waals surface area contributed by atoms with Crippen LogP contribution in [0.5, 0.6) is 0 Å². The third-order valence-electron chi connectivity index (χ3n) is 3.62. The van der Waals surface area contributed by atoms with Crippen molar-refractivity contribution in [2.24, 2.45) is 5.92 Å². The van der Waals surface area contributed by atoms with Crippen molar-refractivity contribution in [2.75, 3.05) is 18.0 Å². The number of nitrogens with one attached hydrogen (secondary N) is 1. The number of anilines is 1. The van der Waals surface area contributed by atoms with Gasteiger partial charge in [-0.1, -0.05) is 13.8 Å². The Labute approximate surface area is 113 Å². The fourth-order valence-electron chi connectivity index (χ4n) is 2.70. The molecule has 1 fully saturated rings. The van der Waals surface area contributed by atoms with Crippen LogP contribution in [0.2, 0.25) is 0 Å². The van der Waals surface area contributed by atoms with Crippen LogP contribution in [0, 0.1) is 17.6 Å². The number of hydrogen-bond acceptors (Lipinski definition) is 2. The largest absolute Gasteiger partial charge is 0.364 e. The minimum atomic E-state index is -0.387. The molecule has 0 bridgehead atoms. The molecule has 1 aromatic rings. The molecule has 4 heteroatoms. The average Bonchev–Trinajstić information content (AvgIpc) is 2.34. The van der Waals surface area contributed by atoms with Crippen LogP contribution < -0.4 is 10.2 Å². The molecule has 1 heterocycles. The first-order valence-electron chi connectivity index (χ1n) is 6.92. The van der Waals surface area contributed by atoms with Gasteiger partial charge in [-0.25, -0.2) is 8.78 Å². The summed E-state index contributed by atoms with van der Waals surface area (Å²) in [5, 5.41) is 3.48. The Hall–Kier alpha value is -1.16. The number of halogens is 2. The summed E-state index contributed by atoms with van der Waals surface area (Å²) in [5.41, 5.74) is 0.378. The highest BCUT2D eigenvalue weighted by atomic mass is 19.1. The number of rotatable bonds is 3. The fourth-order valence-corrected chi connectivity index (χ4v) is 2.70. The summed E-state index contributed by atoms with van der Waals surface area (Å²) < 4.78 is 27.2. The van der Waals surface area contributed by atoms with Crippen molar-refractivity contribution in [3.63, 3.8) is 0 Å². The molecule has 19 heavy (non-hydrogen) atoms. The number of piperazine rings is 1. The number of nitrogens with zero attached hydrogens (tertiary/aromatic N) is 1. The van der Waals surface area contributed by atoms with Crippen molar-refractivity contribution >= 4 is 5.69 Å². The van der Waals surface area contributed by atoms with Crippen molar-refractivity contribution in [1.82, 2.24) is 5.32 Å². The van der Waals surface area contributed by atoms with Gasteiger partial charge in [0.15, 0.2) is 0 Å². The Kier molecular flexibility index (Phi) is 4.40. The molecule has 0 spiro atoms. The maximum Gasteiger partial charge on any atom is 0.146 e. The minimum Gasteiger partial charge on any atom is -0.364 e. The second-order valence-electron chi connectivity index (χ2n) is 5.83. The molecular formula is C15H22F2N2. The first-order valence-corrected chi connectivity index (χ1v) is 6.92. The average molecular weight is 268 g/mol. The molecule has 1 N–H and O–H groups in total. The predicted octanol–water partition coefficient (Wildman–Crippen LogP) is 3.18. The third kappa shape index (κ3) is 3.44. The van der Waals surface area contributed by atoms with Crippen LogP contribution in [0.4, 0.5) is 14.5 Å². The van der Waals surface area contributed by atoms with Gasteiger partial charge >= 0.3 is 0 Å². The van der Waals surface area contributed by atoms with Crippen molar-refractivity contribution in [3.05, 3.63) is 29.8 Å². The fraction of sp³-hybridized carbons (Fsp3) is 0.600. The lowest BCUT2D eigenvalue weighted by atomic mass is 9.99. The van der Waals surface area contributed by atoms with Crippen molar-refractivity contribution in [1.29, 1.82) is 0 Å². The summed E-state index contributed by atoms with van der Waals surface area (Å²) in [7, 11) is 0. The van der Waals surface area contributed by atoms with Crippen LogP contribution in [0.1, 0.15) is 27.2 Å². The van der Waals surface area contributed by atoms with E-state index in [-0.39, 0.29) is 17.7 Å². The molecule has 1 aromatic carbocycles. The first-order chi connectivity index (χ1) is 8.97. The van der Waals surface area contributed by atoms with Crippen LogP contribution in [-0.2, 0) is 0 Å². The standard InChI is InChI=1S/C15H22F2N2/c1-10(2)6-13-9-19(11(3)8-18-13)15-7-12(16)4-5-14(15)17/h4-5,7,10-11,13,18H,6,8-9H2,1-3H3. The van der Waals surface area contributed by atoms with Crippen LogP contribution in [0.3, 0.4) is 0 Å². The first kappa shape index (κ1) is 14.3. The monoisotopic (exact) mass is 268 g/mol. The highest BCUT2D eigenvalue weighted by Crippen LogP contribution is 2.25. The van der Waals surface area contributed by atoms with Gasteiger partial charge in [-0.3, -0.25) is 0 Å². The molecule has 0 aliphatic carbocycles. The van der Waals surface area contributed by atoms with Gasteiger partial charge in [-0.2, -0.15) is 0 Å². The smallest absolute Gasteiger partial charge is 0.146 e.